The van der Waals surface area contributed by atoms with E-state index in [1.54, 1.807) is 14.0 Å². The summed E-state index contributed by atoms with van der Waals surface area (Å²) in [5.74, 6) is -0.0479. The lowest BCUT2D eigenvalue weighted by Gasteiger charge is -2.23. The molecule has 2 unspecified atom stereocenters. The molecule has 28 heavy (non-hydrogen) atoms. The molecule has 146 valence electrons. The van der Waals surface area contributed by atoms with E-state index < -0.39 is 11.4 Å². The molecule has 2 aromatic rings. The molecule has 7 heteroatoms. The van der Waals surface area contributed by atoms with Crippen molar-refractivity contribution in [2.24, 2.45) is 0 Å². The molecule has 7 nitrogen and oxygen atoms in total. The third-order valence-corrected chi connectivity index (χ3v) is 5.46. The fourth-order valence-corrected chi connectivity index (χ4v) is 3.91. The maximum Gasteiger partial charge on any atom is 0.326 e. The van der Waals surface area contributed by atoms with Gasteiger partial charge in [0.25, 0.3) is 0 Å². The van der Waals surface area contributed by atoms with Gasteiger partial charge in [0, 0.05) is 11.3 Å². The molecule has 0 bridgehead atoms. The second-order valence-electron chi connectivity index (χ2n) is 6.87. The molecule has 2 heterocycles. The van der Waals surface area contributed by atoms with Crippen molar-refractivity contribution in [2.45, 2.75) is 31.8 Å². The quantitative estimate of drug-likeness (QED) is 0.543. The molecule has 2 atom stereocenters. The number of benzene rings is 2. The van der Waals surface area contributed by atoms with Crippen molar-refractivity contribution in [2.75, 3.05) is 29.7 Å². The van der Waals surface area contributed by atoms with E-state index in [4.69, 9.17) is 9.47 Å². The van der Waals surface area contributed by atoms with Crippen LogP contribution >= 0.6 is 0 Å². The van der Waals surface area contributed by atoms with Gasteiger partial charge in [0.1, 0.15) is 11.9 Å². The summed E-state index contributed by atoms with van der Waals surface area (Å²) in [5.41, 5.74) is 2.76. The lowest BCUT2D eigenvalue weighted by atomic mass is 9.79. The van der Waals surface area contributed by atoms with Gasteiger partial charge in [0.15, 0.2) is 5.41 Å². The first-order chi connectivity index (χ1) is 13.5. The van der Waals surface area contributed by atoms with Crippen molar-refractivity contribution in [3.8, 4) is 5.75 Å². The number of carbonyl (C=O) groups is 2. The van der Waals surface area contributed by atoms with Crippen LogP contribution in [-0.2, 0) is 19.7 Å². The van der Waals surface area contributed by atoms with Gasteiger partial charge in [-0.1, -0.05) is 19.1 Å². The highest BCUT2D eigenvalue weighted by molar-refractivity contribution is 6.20. The maximum absolute atomic E-state index is 12.7. The van der Waals surface area contributed by atoms with Crippen LogP contribution in [0.15, 0.2) is 36.4 Å². The van der Waals surface area contributed by atoms with E-state index in [2.05, 4.69) is 16.0 Å². The third kappa shape index (κ3) is 2.58. The summed E-state index contributed by atoms with van der Waals surface area (Å²) in [6.07, 6.45) is 0.219. The molecule has 1 amide bonds. The standard InChI is InChI=1S/C21H23N3O4/c1-4-21(20(26)28-5-2)14-10-16-17(11-15(14)24-19(21)25)23-18(22-16)12-6-8-13(27-3)9-7-12/h6-11,18,22-23H,4-5H2,1-3H3,(H,24,25). The maximum atomic E-state index is 12.7. The van der Waals surface area contributed by atoms with Gasteiger partial charge in [0.2, 0.25) is 5.91 Å². The first-order valence-corrected chi connectivity index (χ1v) is 9.37. The van der Waals surface area contributed by atoms with Gasteiger partial charge >= 0.3 is 5.97 Å². The Kier molecular flexibility index (Phi) is 4.37. The van der Waals surface area contributed by atoms with Crippen LogP contribution in [0.4, 0.5) is 17.1 Å². The molecular weight excluding hydrogens is 358 g/mol. The zero-order valence-electron chi connectivity index (χ0n) is 16.1. The highest BCUT2D eigenvalue weighted by atomic mass is 16.5. The average Bonchev–Trinajstić information content (AvgIpc) is 3.24. The monoisotopic (exact) mass is 381 g/mol. The number of anilines is 3. The Morgan fingerprint density at radius 1 is 1.07 bits per heavy atom. The van der Waals surface area contributed by atoms with Crippen LogP contribution in [-0.4, -0.2) is 25.6 Å². The van der Waals surface area contributed by atoms with Crippen molar-refractivity contribution in [1.82, 2.24) is 0 Å². The Labute approximate surface area is 163 Å². The summed E-state index contributed by atoms with van der Waals surface area (Å²) < 4.78 is 10.4. The number of amides is 1. The summed E-state index contributed by atoms with van der Waals surface area (Å²) in [6.45, 7) is 3.79. The van der Waals surface area contributed by atoms with Gasteiger partial charge in [0.05, 0.1) is 25.1 Å². The van der Waals surface area contributed by atoms with E-state index in [0.29, 0.717) is 17.7 Å². The molecule has 0 aliphatic carbocycles. The molecule has 2 aliphatic rings. The molecule has 4 rings (SSSR count). The predicted molar refractivity (Wildman–Crippen MR) is 107 cm³/mol. The second kappa shape index (κ2) is 6.74. The number of ether oxygens (including phenoxy) is 2. The lowest BCUT2D eigenvalue weighted by Crippen LogP contribution is -2.43. The summed E-state index contributed by atoms with van der Waals surface area (Å²) in [4.78, 5) is 25.4. The van der Waals surface area contributed by atoms with Gasteiger partial charge < -0.3 is 25.4 Å². The zero-order chi connectivity index (χ0) is 19.9. The Bertz CT molecular complexity index is 941. The molecule has 0 spiro atoms. The number of carbonyl (C=O) groups excluding carboxylic acids is 2. The lowest BCUT2D eigenvalue weighted by molar-refractivity contribution is -0.153. The summed E-state index contributed by atoms with van der Waals surface area (Å²) in [7, 11) is 1.64. The largest absolute Gasteiger partial charge is 0.497 e. The molecule has 2 aliphatic heterocycles. The Balaban J connectivity index is 1.68. The number of esters is 1. The fourth-order valence-electron chi connectivity index (χ4n) is 3.91. The van der Waals surface area contributed by atoms with Crippen molar-refractivity contribution >= 4 is 28.9 Å². The molecule has 0 fully saturated rings. The summed E-state index contributed by atoms with van der Waals surface area (Å²) in [5, 5.41) is 9.69. The predicted octanol–water partition coefficient (Wildman–Crippen LogP) is 3.39. The Hall–Kier alpha value is -3.22. The summed E-state index contributed by atoms with van der Waals surface area (Å²) in [6, 6.07) is 11.5. The normalized spacial score (nSPS) is 21.8. The third-order valence-electron chi connectivity index (χ3n) is 5.46. The van der Waals surface area contributed by atoms with Crippen LogP contribution in [0.1, 0.15) is 37.6 Å². The van der Waals surface area contributed by atoms with Crippen molar-refractivity contribution in [3.63, 3.8) is 0 Å². The first kappa shape index (κ1) is 18.2. The van der Waals surface area contributed by atoms with E-state index in [9.17, 15) is 9.59 Å². The minimum absolute atomic E-state index is 0.113. The van der Waals surface area contributed by atoms with Gasteiger partial charge in [-0.15, -0.1) is 0 Å². The average molecular weight is 381 g/mol. The van der Waals surface area contributed by atoms with Crippen molar-refractivity contribution < 1.29 is 19.1 Å². The van der Waals surface area contributed by atoms with E-state index >= 15 is 0 Å². The number of methoxy groups -OCH3 is 1. The van der Waals surface area contributed by atoms with Crippen LogP contribution in [0.5, 0.6) is 5.75 Å². The molecular formula is C21H23N3O4. The minimum Gasteiger partial charge on any atom is -0.497 e. The summed E-state index contributed by atoms with van der Waals surface area (Å²) >= 11 is 0. The van der Waals surface area contributed by atoms with Crippen molar-refractivity contribution in [3.05, 3.63) is 47.5 Å². The number of rotatable bonds is 5. The zero-order valence-corrected chi connectivity index (χ0v) is 16.1. The second-order valence-corrected chi connectivity index (χ2v) is 6.87. The number of hydrogen-bond acceptors (Lipinski definition) is 6. The van der Waals surface area contributed by atoms with Crippen LogP contribution < -0.4 is 20.7 Å². The molecule has 0 saturated heterocycles. The smallest absolute Gasteiger partial charge is 0.326 e. The van der Waals surface area contributed by atoms with E-state index in [0.717, 1.165) is 22.7 Å². The number of hydrogen-bond donors (Lipinski definition) is 3. The molecule has 2 aromatic carbocycles. The van der Waals surface area contributed by atoms with Gasteiger partial charge in [-0.3, -0.25) is 9.59 Å². The minimum atomic E-state index is -1.31. The topological polar surface area (TPSA) is 88.7 Å². The highest BCUT2D eigenvalue weighted by Gasteiger charge is 2.53. The van der Waals surface area contributed by atoms with Crippen LogP contribution in [0.3, 0.4) is 0 Å². The number of fused-ring (bicyclic) bond motifs is 2. The van der Waals surface area contributed by atoms with Crippen molar-refractivity contribution in [1.29, 1.82) is 0 Å². The first-order valence-electron chi connectivity index (χ1n) is 9.37. The van der Waals surface area contributed by atoms with Gasteiger partial charge in [-0.25, -0.2) is 0 Å². The van der Waals surface area contributed by atoms with Gasteiger partial charge in [-0.2, -0.15) is 0 Å². The van der Waals surface area contributed by atoms with E-state index in [1.165, 1.54) is 0 Å². The Morgan fingerprint density at radius 2 is 1.75 bits per heavy atom. The highest BCUT2D eigenvalue weighted by Crippen LogP contribution is 2.47. The fraction of sp³-hybridized carbons (Fsp3) is 0.333. The van der Waals surface area contributed by atoms with Crippen LogP contribution in [0.2, 0.25) is 0 Å². The molecule has 0 aromatic heterocycles. The molecule has 0 saturated carbocycles. The Morgan fingerprint density at radius 3 is 2.36 bits per heavy atom. The van der Waals surface area contributed by atoms with E-state index in [-0.39, 0.29) is 18.7 Å². The molecule has 3 N–H and O–H groups in total. The number of nitrogens with one attached hydrogen (secondary N) is 3. The van der Waals surface area contributed by atoms with Crippen LogP contribution in [0, 0.1) is 0 Å². The van der Waals surface area contributed by atoms with E-state index in [1.807, 2.05) is 43.3 Å². The SMILES string of the molecule is CCOC(=O)C1(CC)C(=O)Nc2cc3c(cc21)NC(c1ccc(OC)cc1)N3. The molecule has 0 radical (unpaired) electrons. The van der Waals surface area contributed by atoms with Crippen LogP contribution in [0.25, 0.3) is 0 Å². The van der Waals surface area contributed by atoms with Gasteiger partial charge in [-0.05, 0) is 43.2 Å².